The fraction of sp³-hybridized carbons (Fsp3) is 0.423. The maximum Gasteiger partial charge on any atom is 0.295 e. The van der Waals surface area contributed by atoms with Gasteiger partial charge in [0.05, 0.1) is 31.4 Å². The number of nitrogens with zero attached hydrogens (tertiary/aromatic N) is 2. The second kappa shape index (κ2) is 10.2. The lowest BCUT2D eigenvalue weighted by Crippen LogP contribution is -2.33. The van der Waals surface area contributed by atoms with Gasteiger partial charge in [-0.3, -0.25) is 14.6 Å². The summed E-state index contributed by atoms with van der Waals surface area (Å²) in [4.78, 5) is 31.7. The molecule has 0 radical (unpaired) electrons. The molecular formula is C26H32N2O5. The first-order valence-electron chi connectivity index (χ1n) is 11.2. The highest BCUT2D eigenvalue weighted by molar-refractivity contribution is 6.46. The van der Waals surface area contributed by atoms with Crippen molar-refractivity contribution in [3.05, 3.63) is 64.5 Å². The fourth-order valence-electron chi connectivity index (χ4n) is 4.12. The van der Waals surface area contributed by atoms with Gasteiger partial charge in [0, 0.05) is 24.5 Å². The van der Waals surface area contributed by atoms with E-state index in [4.69, 9.17) is 9.47 Å². The molecule has 1 fully saturated rings. The van der Waals surface area contributed by atoms with Crippen LogP contribution < -0.4 is 4.74 Å². The molecule has 1 aromatic carbocycles. The highest BCUT2D eigenvalue weighted by Crippen LogP contribution is 2.41. The molecule has 2 heterocycles. The highest BCUT2D eigenvalue weighted by Gasteiger charge is 2.46. The van der Waals surface area contributed by atoms with Gasteiger partial charge in [-0.15, -0.1) is 0 Å². The van der Waals surface area contributed by atoms with Gasteiger partial charge in [0.1, 0.15) is 11.5 Å². The van der Waals surface area contributed by atoms with Gasteiger partial charge in [0.2, 0.25) is 0 Å². The summed E-state index contributed by atoms with van der Waals surface area (Å²) in [6.45, 7) is 10.2. The van der Waals surface area contributed by atoms with E-state index in [0.717, 1.165) is 16.9 Å². The van der Waals surface area contributed by atoms with Crippen LogP contribution in [0.1, 0.15) is 61.9 Å². The first-order chi connectivity index (χ1) is 15.7. The summed E-state index contributed by atoms with van der Waals surface area (Å²) in [6, 6.07) is 6.46. The molecule has 1 unspecified atom stereocenters. The summed E-state index contributed by atoms with van der Waals surface area (Å²) in [7, 11) is 1.61. The van der Waals surface area contributed by atoms with Crippen LogP contribution in [0.3, 0.4) is 0 Å². The third-order valence-corrected chi connectivity index (χ3v) is 5.80. The summed E-state index contributed by atoms with van der Waals surface area (Å²) in [5.41, 5.74) is 2.93. The van der Waals surface area contributed by atoms with Gasteiger partial charge in [0.15, 0.2) is 0 Å². The smallest absolute Gasteiger partial charge is 0.295 e. The Morgan fingerprint density at radius 1 is 1.15 bits per heavy atom. The molecule has 1 aliphatic heterocycles. The van der Waals surface area contributed by atoms with Crippen molar-refractivity contribution < 1.29 is 24.2 Å². The van der Waals surface area contributed by atoms with Crippen molar-refractivity contribution in [1.29, 1.82) is 0 Å². The minimum atomic E-state index is -0.729. The van der Waals surface area contributed by atoms with Crippen LogP contribution in [0.5, 0.6) is 5.75 Å². The number of carbonyl (C=O) groups is 2. The molecule has 3 rings (SSSR count). The molecule has 1 aliphatic rings. The summed E-state index contributed by atoms with van der Waals surface area (Å²) in [5.74, 6) is -0.694. The minimum absolute atomic E-state index is 0.00222. The van der Waals surface area contributed by atoms with Crippen LogP contribution in [0, 0.1) is 6.92 Å². The zero-order chi connectivity index (χ0) is 24.3. The Morgan fingerprint density at radius 2 is 1.82 bits per heavy atom. The number of Topliss-reactive ketones (excluding diaryl/α,β-unsaturated/α-hetero) is 1. The molecular weight excluding hydrogens is 420 g/mol. The van der Waals surface area contributed by atoms with E-state index in [1.54, 1.807) is 31.6 Å². The monoisotopic (exact) mass is 452 g/mol. The minimum Gasteiger partial charge on any atom is -0.507 e. The Labute approximate surface area is 195 Å². The Bertz CT molecular complexity index is 1060. The summed E-state index contributed by atoms with van der Waals surface area (Å²) >= 11 is 0. The molecule has 1 N–H and O–H groups in total. The number of aliphatic hydroxyl groups excluding tert-OH is 1. The molecule has 7 heteroatoms. The standard InChI is InChI=1S/C26H32N2O5/c1-15(2)19-14-20(17(5)13-21(19)32-6)24(29)22-23(18-7-9-27-10-8-18)28(26(31)25(22)30)11-12-33-16(3)4/h7-10,13-16,23,29H,11-12H2,1-6H3/b24-22+. The van der Waals surface area contributed by atoms with Crippen LogP contribution >= 0.6 is 0 Å². The molecule has 1 saturated heterocycles. The summed E-state index contributed by atoms with van der Waals surface area (Å²) < 4.78 is 11.1. The topological polar surface area (TPSA) is 89.0 Å². The van der Waals surface area contributed by atoms with Gasteiger partial charge in [0.25, 0.3) is 11.7 Å². The van der Waals surface area contributed by atoms with Gasteiger partial charge < -0.3 is 19.5 Å². The average Bonchev–Trinajstić information content (AvgIpc) is 3.03. The van der Waals surface area contributed by atoms with Gasteiger partial charge in [-0.05, 0) is 67.6 Å². The van der Waals surface area contributed by atoms with Crippen LogP contribution in [-0.4, -0.2) is 53.0 Å². The Hall–Kier alpha value is -3.19. The number of amides is 1. The number of pyridine rings is 1. The van der Waals surface area contributed by atoms with Gasteiger partial charge in [-0.2, -0.15) is 0 Å². The van der Waals surface area contributed by atoms with E-state index >= 15 is 0 Å². The van der Waals surface area contributed by atoms with Crippen molar-refractivity contribution in [2.75, 3.05) is 20.3 Å². The number of rotatable bonds is 8. The van der Waals surface area contributed by atoms with Crippen molar-refractivity contribution in [1.82, 2.24) is 9.88 Å². The number of ketones is 1. The third kappa shape index (κ3) is 4.93. The second-order valence-electron chi connectivity index (χ2n) is 8.76. The largest absolute Gasteiger partial charge is 0.507 e. The third-order valence-electron chi connectivity index (χ3n) is 5.80. The number of carbonyl (C=O) groups excluding carboxylic acids is 2. The van der Waals surface area contributed by atoms with Gasteiger partial charge in [-0.1, -0.05) is 13.8 Å². The van der Waals surface area contributed by atoms with Gasteiger partial charge in [-0.25, -0.2) is 0 Å². The molecule has 1 atom stereocenters. The van der Waals surface area contributed by atoms with E-state index in [1.807, 2.05) is 46.8 Å². The quantitative estimate of drug-likeness (QED) is 0.363. The lowest BCUT2D eigenvalue weighted by Gasteiger charge is -2.25. The first kappa shape index (κ1) is 24.5. The number of aromatic nitrogens is 1. The van der Waals surface area contributed by atoms with E-state index < -0.39 is 17.7 Å². The van der Waals surface area contributed by atoms with E-state index in [2.05, 4.69) is 4.98 Å². The summed E-state index contributed by atoms with van der Waals surface area (Å²) in [5, 5.41) is 11.4. The van der Waals surface area contributed by atoms with Crippen LogP contribution in [0.4, 0.5) is 0 Å². The molecule has 7 nitrogen and oxygen atoms in total. The van der Waals surface area contributed by atoms with Crippen molar-refractivity contribution >= 4 is 17.4 Å². The Balaban J connectivity index is 2.17. The fourth-order valence-corrected chi connectivity index (χ4v) is 4.12. The molecule has 176 valence electrons. The molecule has 0 bridgehead atoms. The Morgan fingerprint density at radius 3 is 2.39 bits per heavy atom. The zero-order valence-electron chi connectivity index (χ0n) is 20.1. The number of likely N-dealkylation sites (tertiary alicyclic amines) is 1. The number of methoxy groups -OCH3 is 1. The number of aryl methyl sites for hydroxylation is 1. The molecule has 1 amide bonds. The van der Waals surface area contributed by atoms with E-state index in [0.29, 0.717) is 11.1 Å². The first-order valence-corrected chi connectivity index (χ1v) is 11.2. The number of aliphatic hydroxyl groups is 1. The van der Waals surface area contributed by atoms with E-state index in [9.17, 15) is 14.7 Å². The number of benzene rings is 1. The van der Waals surface area contributed by atoms with Crippen LogP contribution in [0.15, 0.2) is 42.2 Å². The van der Waals surface area contributed by atoms with Crippen LogP contribution in [-0.2, 0) is 14.3 Å². The summed E-state index contributed by atoms with van der Waals surface area (Å²) in [6.07, 6.45) is 3.21. The zero-order valence-corrected chi connectivity index (χ0v) is 20.1. The van der Waals surface area contributed by atoms with E-state index in [-0.39, 0.29) is 36.5 Å². The maximum absolute atomic E-state index is 13.2. The molecule has 0 aliphatic carbocycles. The SMILES string of the molecule is COc1cc(C)c(/C(O)=C2\C(=O)C(=O)N(CCOC(C)C)C2c2ccncc2)cc1C(C)C. The second-order valence-corrected chi connectivity index (χ2v) is 8.76. The molecule has 1 aromatic heterocycles. The van der Waals surface area contributed by atoms with Crippen molar-refractivity contribution in [2.24, 2.45) is 0 Å². The highest BCUT2D eigenvalue weighted by atomic mass is 16.5. The average molecular weight is 453 g/mol. The predicted octanol–water partition coefficient (Wildman–Crippen LogP) is 4.37. The molecule has 2 aromatic rings. The Kier molecular flexibility index (Phi) is 7.53. The lowest BCUT2D eigenvalue weighted by molar-refractivity contribution is -0.140. The maximum atomic E-state index is 13.2. The van der Waals surface area contributed by atoms with Crippen molar-refractivity contribution in [3.63, 3.8) is 0 Å². The molecule has 0 saturated carbocycles. The van der Waals surface area contributed by atoms with Gasteiger partial charge >= 0.3 is 0 Å². The number of hydrogen-bond donors (Lipinski definition) is 1. The lowest BCUT2D eigenvalue weighted by atomic mass is 9.91. The normalized spacial score (nSPS) is 17.9. The predicted molar refractivity (Wildman–Crippen MR) is 126 cm³/mol. The van der Waals surface area contributed by atoms with Crippen molar-refractivity contribution in [2.45, 2.75) is 52.7 Å². The molecule has 33 heavy (non-hydrogen) atoms. The van der Waals surface area contributed by atoms with Crippen LogP contribution in [0.2, 0.25) is 0 Å². The van der Waals surface area contributed by atoms with Crippen molar-refractivity contribution in [3.8, 4) is 5.75 Å². The van der Waals surface area contributed by atoms with Crippen LogP contribution in [0.25, 0.3) is 5.76 Å². The van der Waals surface area contributed by atoms with E-state index in [1.165, 1.54) is 4.90 Å². The molecule has 0 spiro atoms. The number of ether oxygens (including phenoxy) is 2. The number of hydrogen-bond acceptors (Lipinski definition) is 6.